The summed E-state index contributed by atoms with van der Waals surface area (Å²) in [5, 5.41) is 12.5. The number of rotatable bonds is 5. The number of amides is 1. The average Bonchev–Trinajstić information content (AvgIpc) is 2.60. The topological polar surface area (TPSA) is 52.6 Å². The summed E-state index contributed by atoms with van der Waals surface area (Å²) in [5.41, 5.74) is 4.10. The Hall–Kier alpha value is -1.39. The fraction of sp³-hybridized carbons (Fsp3) is 0.667. The number of nitrogens with one attached hydrogen (secondary N) is 1. The van der Waals surface area contributed by atoms with Crippen LogP contribution in [0.15, 0.2) is 18.2 Å². The van der Waals surface area contributed by atoms with Crippen molar-refractivity contribution < 1.29 is 9.90 Å². The molecule has 0 radical (unpaired) electrons. The summed E-state index contributed by atoms with van der Waals surface area (Å²) in [4.78, 5) is 15.0. The van der Waals surface area contributed by atoms with Crippen molar-refractivity contribution in [1.82, 2.24) is 10.2 Å². The Balaban J connectivity index is 1.81. The molecule has 4 heteroatoms. The number of fused-ring (bicyclic) bond motifs is 1. The molecule has 1 aliphatic carbocycles. The molecule has 1 amide bonds. The van der Waals surface area contributed by atoms with Crippen LogP contribution in [0.3, 0.4) is 0 Å². The molecule has 25 heavy (non-hydrogen) atoms. The molecule has 4 nitrogen and oxygen atoms in total. The van der Waals surface area contributed by atoms with E-state index in [1.807, 2.05) is 0 Å². The van der Waals surface area contributed by atoms with Crippen molar-refractivity contribution in [2.24, 2.45) is 5.92 Å². The Morgan fingerprint density at radius 2 is 2.08 bits per heavy atom. The van der Waals surface area contributed by atoms with Gasteiger partial charge in [-0.25, -0.2) is 0 Å². The van der Waals surface area contributed by atoms with Crippen molar-refractivity contribution in [3.05, 3.63) is 34.9 Å². The zero-order valence-corrected chi connectivity index (χ0v) is 15.6. The molecule has 2 N–H and O–H groups in total. The van der Waals surface area contributed by atoms with Crippen LogP contribution in [0.25, 0.3) is 0 Å². The smallest absolute Gasteiger partial charge is 0.237 e. The lowest BCUT2D eigenvalue weighted by atomic mass is 9.77. The molecule has 1 heterocycles. The third-order valence-electron chi connectivity index (χ3n) is 5.71. The van der Waals surface area contributed by atoms with E-state index in [0.29, 0.717) is 19.0 Å². The first-order valence-corrected chi connectivity index (χ1v) is 9.84. The van der Waals surface area contributed by atoms with Crippen molar-refractivity contribution in [2.75, 3.05) is 19.6 Å². The molecular weight excluding hydrogens is 312 g/mol. The molecule has 1 aliphatic heterocycles. The second-order valence-electron chi connectivity index (χ2n) is 7.86. The van der Waals surface area contributed by atoms with E-state index in [0.717, 1.165) is 13.0 Å². The van der Waals surface area contributed by atoms with E-state index in [4.69, 9.17) is 0 Å². The summed E-state index contributed by atoms with van der Waals surface area (Å²) >= 11 is 0. The minimum absolute atomic E-state index is 0.169. The summed E-state index contributed by atoms with van der Waals surface area (Å²) in [6, 6.07) is 6.98. The number of carbonyl (C=O) groups is 1. The van der Waals surface area contributed by atoms with Gasteiger partial charge in [-0.15, -0.1) is 0 Å². The average molecular weight is 344 g/mol. The zero-order valence-electron chi connectivity index (χ0n) is 15.6. The quantitative estimate of drug-likeness (QED) is 0.863. The zero-order chi connectivity index (χ0) is 17.8. The maximum atomic E-state index is 12.9. The number of carbonyl (C=O) groups excluding carboxylic acids is 1. The first-order chi connectivity index (χ1) is 12.1. The van der Waals surface area contributed by atoms with Crippen LogP contribution in [0.5, 0.6) is 0 Å². The highest BCUT2D eigenvalue weighted by Gasteiger charge is 2.36. The Kier molecular flexibility index (Phi) is 6.13. The van der Waals surface area contributed by atoms with E-state index in [1.165, 1.54) is 48.8 Å². The summed E-state index contributed by atoms with van der Waals surface area (Å²) < 4.78 is 0. The van der Waals surface area contributed by atoms with Gasteiger partial charge in [0.1, 0.15) is 0 Å². The molecule has 1 fully saturated rings. The molecule has 1 aromatic rings. The molecule has 3 rings (SSSR count). The molecule has 0 bridgehead atoms. The minimum Gasteiger partial charge on any atom is -0.392 e. The Labute approximate surface area is 151 Å². The van der Waals surface area contributed by atoms with Gasteiger partial charge < -0.3 is 15.3 Å². The van der Waals surface area contributed by atoms with Gasteiger partial charge in [0.2, 0.25) is 5.91 Å². The van der Waals surface area contributed by atoms with Gasteiger partial charge in [0.15, 0.2) is 0 Å². The van der Waals surface area contributed by atoms with Crippen LogP contribution in [-0.2, 0) is 11.2 Å². The maximum Gasteiger partial charge on any atom is 0.237 e. The SMILES string of the molecule is Cc1ccc2c(c1)CCN(C(=O)CNC[C@@H](C)O)C2C1CCCCC1. The van der Waals surface area contributed by atoms with Crippen molar-refractivity contribution in [2.45, 2.75) is 64.5 Å². The van der Waals surface area contributed by atoms with Crippen LogP contribution < -0.4 is 5.32 Å². The highest BCUT2D eigenvalue weighted by atomic mass is 16.3. The third kappa shape index (κ3) is 4.42. The van der Waals surface area contributed by atoms with Crippen LogP contribution in [0, 0.1) is 12.8 Å². The molecule has 0 saturated heterocycles. The van der Waals surface area contributed by atoms with Gasteiger partial charge in [0.05, 0.1) is 18.7 Å². The monoisotopic (exact) mass is 344 g/mol. The summed E-state index contributed by atoms with van der Waals surface area (Å²) in [5.74, 6) is 0.749. The van der Waals surface area contributed by atoms with Crippen LogP contribution in [0.1, 0.15) is 61.8 Å². The summed E-state index contributed by atoms with van der Waals surface area (Å²) in [6.45, 7) is 5.47. The molecule has 2 aliphatic rings. The Bertz CT molecular complexity index is 594. The van der Waals surface area contributed by atoms with Crippen LogP contribution in [0.2, 0.25) is 0 Å². The lowest BCUT2D eigenvalue weighted by Crippen LogP contribution is -2.47. The standard InChI is InChI=1S/C21H32N2O2/c1-15-8-9-19-18(12-15)10-11-23(20(25)14-22-13-16(2)24)21(19)17-6-4-3-5-7-17/h8-9,12,16-17,21-22,24H,3-7,10-11,13-14H2,1-2H3/t16-,21?/m1/s1. The molecular formula is C21H32N2O2. The lowest BCUT2D eigenvalue weighted by molar-refractivity contribution is -0.134. The first-order valence-electron chi connectivity index (χ1n) is 9.84. The van der Waals surface area contributed by atoms with E-state index < -0.39 is 6.10 Å². The molecule has 1 saturated carbocycles. The van der Waals surface area contributed by atoms with Gasteiger partial charge in [0, 0.05) is 13.1 Å². The molecule has 1 unspecified atom stereocenters. The minimum atomic E-state index is -0.424. The maximum absolute atomic E-state index is 12.9. The number of benzene rings is 1. The number of aliphatic hydroxyl groups is 1. The number of aliphatic hydroxyl groups excluding tert-OH is 1. The first kappa shape index (κ1) is 18.4. The second kappa shape index (κ2) is 8.33. The van der Waals surface area contributed by atoms with Gasteiger partial charge >= 0.3 is 0 Å². The van der Waals surface area contributed by atoms with Crippen molar-refractivity contribution >= 4 is 5.91 Å². The van der Waals surface area contributed by atoms with Gasteiger partial charge in [-0.2, -0.15) is 0 Å². The summed E-state index contributed by atoms with van der Waals surface area (Å²) in [6.07, 6.45) is 6.86. The number of aryl methyl sites for hydroxylation is 1. The van der Waals surface area contributed by atoms with Gasteiger partial charge in [-0.3, -0.25) is 4.79 Å². The molecule has 1 aromatic carbocycles. The van der Waals surface area contributed by atoms with E-state index in [-0.39, 0.29) is 11.9 Å². The van der Waals surface area contributed by atoms with Crippen molar-refractivity contribution in [1.29, 1.82) is 0 Å². The predicted molar refractivity (Wildman–Crippen MR) is 100 cm³/mol. The summed E-state index contributed by atoms with van der Waals surface area (Å²) in [7, 11) is 0. The molecule has 138 valence electrons. The molecule has 0 spiro atoms. The Morgan fingerprint density at radius 1 is 1.32 bits per heavy atom. The predicted octanol–water partition coefficient (Wildman–Crippen LogP) is 2.97. The van der Waals surface area contributed by atoms with Crippen LogP contribution >= 0.6 is 0 Å². The van der Waals surface area contributed by atoms with E-state index in [9.17, 15) is 9.90 Å². The number of hydrogen-bond donors (Lipinski definition) is 2. The van der Waals surface area contributed by atoms with E-state index >= 15 is 0 Å². The van der Waals surface area contributed by atoms with Crippen LogP contribution in [0.4, 0.5) is 0 Å². The fourth-order valence-corrected chi connectivity index (χ4v) is 4.52. The van der Waals surface area contributed by atoms with Gasteiger partial charge in [0.25, 0.3) is 0 Å². The second-order valence-corrected chi connectivity index (χ2v) is 7.86. The largest absolute Gasteiger partial charge is 0.392 e. The molecule has 0 aromatic heterocycles. The number of nitrogens with zero attached hydrogens (tertiary/aromatic N) is 1. The van der Waals surface area contributed by atoms with Gasteiger partial charge in [-0.1, -0.05) is 43.0 Å². The van der Waals surface area contributed by atoms with Crippen molar-refractivity contribution in [3.63, 3.8) is 0 Å². The van der Waals surface area contributed by atoms with Crippen LogP contribution in [-0.4, -0.2) is 41.7 Å². The van der Waals surface area contributed by atoms with Gasteiger partial charge in [-0.05, 0) is 50.2 Å². The molecule has 2 atom stereocenters. The number of hydrogen-bond acceptors (Lipinski definition) is 3. The highest BCUT2D eigenvalue weighted by Crippen LogP contribution is 2.42. The third-order valence-corrected chi connectivity index (χ3v) is 5.71. The Morgan fingerprint density at radius 3 is 2.80 bits per heavy atom. The fourth-order valence-electron chi connectivity index (χ4n) is 4.52. The lowest BCUT2D eigenvalue weighted by Gasteiger charge is -2.43. The van der Waals surface area contributed by atoms with E-state index in [1.54, 1.807) is 6.92 Å². The highest BCUT2D eigenvalue weighted by molar-refractivity contribution is 5.79. The normalized spacial score (nSPS) is 22.5. The van der Waals surface area contributed by atoms with E-state index in [2.05, 4.69) is 35.3 Å². The van der Waals surface area contributed by atoms with Crippen molar-refractivity contribution in [3.8, 4) is 0 Å².